The first kappa shape index (κ1) is 69.7. The van der Waals surface area contributed by atoms with Gasteiger partial charge in [-0.15, -0.1) is 11.8 Å². The van der Waals surface area contributed by atoms with Crippen LogP contribution in [-0.2, 0) is 31.9 Å². The number of hydrogen-bond acceptors (Lipinski definition) is 9. The Kier molecular flexibility index (Phi) is 25.0. The van der Waals surface area contributed by atoms with E-state index in [1.54, 1.807) is 7.11 Å². The van der Waals surface area contributed by atoms with Crippen molar-refractivity contribution in [3.8, 4) is 5.75 Å². The first-order valence-corrected chi connectivity index (χ1v) is 42.3. The lowest BCUT2D eigenvalue weighted by molar-refractivity contribution is -0.256. The molecule has 0 spiro atoms. The Morgan fingerprint density at radius 3 is 1.66 bits per heavy atom. The number of allylic oxidation sites excluding steroid dienone is 1. The molecule has 1 aromatic carbocycles. The minimum Gasteiger partial charge on any atom is -0.497 e. The summed E-state index contributed by atoms with van der Waals surface area (Å²) in [5, 5.41) is 0.285. The highest BCUT2D eigenvalue weighted by atomic mass is 32.2. The molecule has 2 fully saturated rings. The lowest BCUT2D eigenvalue weighted by atomic mass is 9.81. The molecule has 2 aliphatic heterocycles. The van der Waals surface area contributed by atoms with E-state index >= 15 is 0 Å². The molecule has 15 atom stereocenters. The summed E-state index contributed by atoms with van der Waals surface area (Å²) in [5.41, 5.74) is 2.46. The number of methoxy groups -OCH3 is 1. The maximum atomic E-state index is 7.58. The zero-order valence-electron chi connectivity index (χ0n) is 54.7. The van der Waals surface area contributed by atoms with E-state index in [4.69, 9.17) is 36.7 Å². The Labute approximate surface area is 478 Å². The van der Waals surface area contributed by atoms with Crippen LogP contribution in [0.15, 0.2) is 48.1 Å². The molecule has 0 radical (unpaired) electrons. The summed E-state index contributed by atoms with van der Waals surface area (Å²) in [4.78, 5) is 0. The molecule has 3 rings (SSSR count). The van der Waals surface area contributed by atoms with Gasteiger partial charge in [-0.25, -0.2) is 0 Å². The number of thioether (sulfide) groups is 1. The van der Waals surface area contributed by atoms with Crippen molar-refractivity contribution in [2.45, 2.75) is 279 Å². The Hall–Kier alpha value is -0.562. The van der Waals surface area contributed by atoms with Crippen LogP contribution in [0, 0.1) is 41.4 Å². The summed E-state index contributed by atoms with van der Waals surface area (Å²) in [6.07, 6.45) is 8.57. The highest BCUT2D eigenvalue weighted by Crippen LogP contribution is 2.47. The molecule has 442 valence electrons. The predicted molar refractivity (Wildman–Crippen MR) is 338 cm³/mol. The van der Waals surface area contributed by atoms with Gasteiger partial charge in [0.25, 0.3) is 0 Å². The normalized spacial score (nSPS) is 27.2. The van der Waals surface area contributed by atoms with Gasteiger partial charge in [-0.2, -0.15) is 0 Å². The van der Waals surface area contributed by atoms with E-state index in [-0.39, 0.29) is 104 Å². The van der Waals surface area contributed by atoms with Crippen molar-refractivity contribution in [1.29, 1.82) is 0 Å². The van der Waals surface area contributed by atoms with Gasteiger partial charge < -0.3 is 36.7 Å². The maximum absolute atomic E-state index is 7.58. The summed E-state index contributed by atoms with van der Waals surface area (Å²) in [6, 6.07) is 8.08. The summed E-state index contributed by atoms with van der Waals surface area (Å²) < 4.78 is 55.9. The smallest absolute Gasteiger partial charge is 0.192 e. The van der Waals surface area contributed by atoms with Crippen LogP contribution >= 0.6 is 11.8 Å². The Bertz CT molecular complexity index is 1980. The molecular formula is C63H120O8SSi4. The van der Waals surface area contributed by atoms with Gasteiger partial charge in [0.05, 0.1) is 50.3 Å². The van der Waals surface area contributed by atoms with E-state index in [2.05, 4.69) is 228 Å². The molecule has 2 saturated heterocycles. The van der Waals surface area contributed by atoms with Crippen LogP contribution in [-0.4, -0.2) is 94.8 Å². The molecule has 0 bridgehead atoms. The summed E-state index contributed by atoms with van der Waals surface area (Å²) in [6.45, 7) is 69.1. The van der Waals surface area contributed by atoms with Crippen molar-refractivity contribution >= 4 is 45.0 Å². The van der Waals surface area contributed by atoms with Crippen molar-refractivity contribution in [2.75, 3.05) is 19.5 Å². The van der Waals surface area contributed by atoms with Crippen molar-refractivity contribution in [1.82, 2.24) is 0 Å². The zero-order chi connectivity index (χ0) is 58.5. The van der Waals surface area contributed by atoms with E-state index < -0.39 is 39.6 Å². The van der Waals surface area contributed by atoms with E-state index in [0.29, 0.717) is 6.61 Å². The monoisotopic (exact) mass is 1150 g/mol. The Morgan fingerprint density at radius 2 is 1.17 bits per heavy atom. The number of ether oxygens (including phenoxy) is 4. The second-order valence-electron chi connectivity index (χ2n) is 30.1. The molecule has 8 nitrogen and oxygen atoms in total. The standard InChI is InChI=1S/C63H120O8SSi4/c1-31-72-59-49(9)57(71-76(29,30)63(19,20)21)47(7)53(66-59)40-52(68-73(23,24)60(10,11)12)35-32-43(3)54(69-74(25,26)61(13,14)15)44(4)38-42(2)39-45(5)56(70-75(27,28)62(16,17)18)48(8)55-46(6)41-65-58(67-55)50-33-36-51(64-22)37-34-50/h32-38,43-49,52-59H,31,39-41H2,1-30H3/b35-32-,42-38-/t43-,44-,45-,46-,47-,48+,49+,52+,53-,54-,55-,56+,57-,58-,59+/m1/s1. The van der Waals surface area contributed by atoms with E-state index in [9.17, 15) is 0 Å². The fourth-order valence-corrected chi connectivity index (χ4v) is 16.8. The Morgan fingerprint density at radius 1 is 0.671 bits per heavy atom. The van der Waals surface area contributed by atoms with Gasteiger partial charge in [0.2, 0.25) is 0 Å². The lowest BCUT2D eigenvalue weighted by Gasteiger charge is -2.50. The third-order valence-electron chi connectivity index (χ3n) is 19.3. The average molecular weight is 1150 g/mol. The van der Waals surface area contributed by atoms with Gasteiger partial charge in [0.1, 0.15) is 11.2 Å². The van der Waals surface area contributed by atoms with E-state index in [0.717, 1.165) is 29.9 Å². The van der Waals surface area contributed by atoms with Crippen molar-refractivity contribution in [2.24, 2.45) is 41.4 Å². The van der Waals surface area contributed by atoms with Gasteiger partial charge >= 0.3 is 0 Å². The highest BCUT2D eigenvalue weighted by molar-refractivity contribution is 7.99. The number of rotatable bonds is 24. The molecule has 0 N–H and O–H groups in total. The summed E-state index contributed by atoms with van der Waals surface area (Å²) >= 11 is 1.93. The molecule has 2 heterocycles. The van der Waals surface area contributed by atoms with Crippen molar-refractivity contribution in [3.63, 3.8) is 0 Å². The minimum atomic E-state index is -2.21. The molecule has 2 aliphatic rings. The van der Waals surface area contributed by atoms with Crippen LogP contribution in [0.4, 0.5) is 0 Å². The quantitative estimate of drug-likeness (QED) is 0.0743. The molecule has 0 saturated carbocycles. The third-order valence-corrected chi connectivity index (χ3v) is 38.4. The van der Waals surface area contributed by atoms with E-state index in [1.807, 2.05) is 23.9 Å². The van der Waals surface area contributed by atoms with Crippen LogP contribution < -0.4 is 4.74 Å². The zero-order valence-corrected chi connectivity index (χ0v) is 59.5. The van der Waals surface area contributed by atoms with Crippen LogP contribution in [0.25, 0.3) is 0 Å². The maximum Gasteiger partial charge on any atom is 0.192 e. The second-order valence-corrected chi connectivity index (χ2v) is 50.5. The SMILES string of the molecule is CCS[C@@H]1O[C@H](C[C@H](/C=C\[C@@H](C)[C@@H](O[Si](C)(C)C(C)(C)C)[C@H](C)/C=C(/C)C[C@@H](C)[C@H](O[Si](C)(C)C(C)(C)C)[C@@H](C)[C@@H]2O[C@H](c3ccc(OC)cc3)OC[C@H]2C)O[Si](C)(C)C(C)(C)C)[C@@H](C)[C@@H](O[Si](C)(C)C(C)(C)C)[C@@H]1C. The topological polar surface area (TPSA) is 73.8 Å². The third kappa shape index (κ3) is 18.5. The first-order chi connectivity index (χ1) is 34.4. The van der Waals surface area contributed by atoms with Gasteiger partial charge in [0.15, 0.2) is 39.6 Å². The van der Waals surface area contributed by atoms with Crippen LogP contribution in [0.1, 0.15) is 170 Å². The average Bonchev–Trinajstić information content (AvgIpc) is 3.27. The fraction of sp³-hybridized carbons (Fsp3) is 0.841. The second kappa shape index (κ2) is 27.2. The van der Waals surface area contributed by atoms with Gasteiger partial charge in [0, 0.05) is 35.7 Å². The molecule has 13 heteroatoms. The van der Waals surface area contributed by atoms with E-state index in [1.165, 1.54) is 5.57 Å². The molecule has 0 aromatic heterocycles. The van der Waals surface area contributed by atoms with Gasteiger partial charge in [-0.3, -0.25) is 0 Å². The summed E-state index contributed by atoms with van der Waals surface area (Å²) in [7, 11) is -6.96. The number of hydrogen-bond donors (Lipinski definition) is 0. The molecule has 0 amide bonds. The van der Waals surface area contributed by atoms with Crippen LogP contribution in [0.2, 0.25) is 72.5 Å². The molecule has 1 aromatic rings. The van der Waals surface area contributed by atoms with Crippen molar-refractivity contribution < 1.29 is 36.7 Å². The molecular weight excluding hydrogens is 1030 g/mol. The summed E-state index contributed by atoms with van der Waals surface area (Å²) in [5.74, 6) is 3.21. The Balaban J connectivity index is 2.06. The predicted octanol–water partition coefficient (Wildman–Crippen LogP) is 18.9. The van der Waals surface area contributed by atoms with Crippen molar-refractivity contribution in [3.05, 3.63) is 53.6 Å². The minimum absolute atomic E-state index is 0.00110. The van der Waals surface area contributed by atoms with Crippen LogP contribution in [0.5, 0.6) is 5.75 Å². The highest BCUT2D eigenvalue weighted by Gasteiger charge is 2.50. The first-order valence-electron chi connectivity index (χ1n) is 29.7. The van der Waals surface area contributed by atoms with Crippen LogP contribution in [0.3, 0.4) is 0 Å². The van der Waals surface area contributed by atoms with Gasteiger partial charge in [-0.05, 0) is 122 Å². The molecule has 0 unspecified atom stereocenters. The number of benzene rings is 1. The van der Waals surface area contributed by atoms with Gasteiger partial charge in [-0.1, -0.05) is 174 Å². The lowest BCUT2D eigenvalue weighted by Crippen LogP contribution is -2.55. The molecule has 0 aliphatic carbocycles. The molecule has 76 heavy (non-hydrogen) atoms. The fourth-order valence-electron chi connectivity index (χ4n) is 10.1. The largest absolute Gasteiger partial charge is 0.497 e.